The summed E-state index contributed by atoms with van der Waals surface area (Å²) in [7, 11) is 0. The monoisotopic (exact) mass is 377 g/mol. The predicted molar refractivity (Wildman–Crippen MR) is 102 cm³/mol. The van der Waals surface area contributed by atoms with Gasteiger partial charge in [-0.05, 0) is 31.9 Å². The van der Waals surface area contributed by atoms with Crippen molar-refractivity contribution < 1.29 is 19.4 Å². The summed E-state index contributed by atoms with van der Waals surface area (Å²) in [5, 5.41) is 15.5. The quantitative estimate of drug-likeness (QED) is 0.327. The third-order valence-electron chi connectivity index (χ3n) is 4.20. The molecule has 1 aliphatic rings. The van der Waals surface area contributed by atoms with Crippen molar-refractivity contribution in [3.8, 4) is 5.75 Å². The molecule has 1 aromatic rings. The van der Waals surface area contributed by atoms with Gasteiger partial charge in [0, 0.05) is 25.7 Å². The van der Waals surface area contributed by atoms with Gasteiger partial charge < -0.3 is 31.1 Å². The second-order valence-electron chi connectivity index (χ2n) is 6.14. The molecule has 1 aliphatic heterocycles. The number of para-hydroxylation sites is 1. The summed E-state index contributed by atoms with van der Waals surface area (Å²) in [6.07, 6.45) is 1.25. The summed E-state index contributed by atoms with van der Waals surface area (Å²) in [6.45, 7) is 4.00. The van der Waals surface area contributed by atoms with Crippen LogP contribution in [0.2, 0.25) is 0 Å². The molecular formula is C18H27N5O4. The third-order valence-corrected chi connectivity index (χ3v) is 4.20. The molecule has 5 N–H and O–H groups in total. The Bertz CT molecular complexity index is 671. The zero-order valence-corrected chi connectivity index (χ0v) is 15.5. The van der Waals surface area contributed by atoms with Crippen LogP contribution in [0.4, 0.5) is 4.79 Å². The molecule has 0 aromatic heterocycles. The van der Waals surface area contributed by atoms with Crippen LogP contribution in [0, 0.1) is 0 Å². The summed E-state index contributed by atoms with van der Waals surface area (Å²) in [6, 6.07) is 6.49. The molecule has 148 valence electrons. The number of aromatic hydroxyl groups is 1. The fourth-order valence-electron chi connectivity index (χ4n) is 2.78. The average molecular weight is 377 g/mol. The van der Waals surface area contributed by atoms with Crippen molar-refractivity contribution in [2.45, 2.75) is 25.8 Å². The molecule has 1 heterocycles. The zero-order chi connectivity index (χ0) is 19.6. The van der Waals surface area contributed by atoms with Crippen LogP contribution in [0.25, 0.3) is 0 Å². The van der Waals surface area contributed by atoms with Gasteiger partial charge in [0.1, 0.15) is 5.75 Å². The first kappa shape index (κ1) is 20.3. The first-order valence-corrected chi connectivity index (χ1v) is 9.05. The molecule has 0 saturated carbocycles. The first-order valence-electron chi connectivity index (χ1n) is 9.05. The lowest BCUT2D eigenvalue weighted by Gasteiger charge is -2.31. The van der Waals surface area contributed by atoms with Gasteiger partial charge in [-0.1, -0.05) is 12.1 Å². The minimum atomic E-state index is -0.360. The van der Waals surface area contributed by atoms with Crippen LogP contribution in [0.5, 0.6) is 5.75 Å². The molecule has 2 rings (SSSR count). The van der Waals surface area contributed by atoms with Gasteiger partial charge in [-0.25, -0.2) is 4.79 Å². The van der Waals surface area contributed by atoms with Gasteiger partial charge in [0.15, 0.2) is 5.96 Å². The molecule has 1 fully saturated rings. The number of rotatable bonds is 6. The van der Waals surface area contributed by atoms with E-state index in [4.69, 9.17) is 10.5 Å². The maximum atomic E-state index is 12.0. The highest BCUT2D eigenvalue weighted by atomic mass is 16.6. The van der Waals surface area contributed by atoms with E-state index >= 15 is 0 Å². The third kappa shape index (κ3) is 6.36. The van der Waals surface area contributed by atoms with E-state index in [1.54, 1.807) is 30.0 Å². The summed E-state index contributed by atoms with van der Waals surface area (Å²) in [4.78, 5) is 29.5. The van der Waals surface area contributed by atoms with Gasteiger partial charge in [0.25, 0.3) is 5.91 Å². The van der Waals surface area contributed by atoms with Crippen molar-refractivity contribution in [3.05, 3.63) is 29.8 Å². The first-order chi connectivity index (χ1) is 13.0. The Balaban J connectivity index is 1.67. The number of nitrogens with two attached hydrogens (primary N) is 1. The van der Waals surface area contributed by atoms with E-state index in [1.165, 1.54) is 6.07 Å². The molecule has 9 nitrogen and oxygen atoms in total. The van der Waals surface area contributed by atoms with Crippen LogP contribution in [-0.2, 0) is 4.74 Å². The molecule has 2 amide bonds. The lowest BCUT2D eigenvalue weighted by atomic mass is 10.1. The number of amides is 2. The largest absolute Gasteiger partial charge is 0.507 e. The summed E-state index contributed by atoms with van der Waals surface area (Å²) in [5.74, 6) is -0.114. The number of nitrogens with one attached hydrogen (secondary N) is 2. The lowest BCUT2D eigenvalue weighted by molar-refractivity contribution is 0.0947. The number of ether oxygens (including phenoxy) is 1. The molecule has 1 aromatic carbocycles. The van der Waals surface area contributed by atoms with Crippen LogP contribution in [-0.4, -0.2) is 66.8 Å². The van der Waals surface area contributed by atoms with E-state index in [1.807, 2.05) is 0 Å². The smallest absolute Gasteiger partial charge is 0.409 e. The second kappa shape index (κ2) is 10.2. The molecule has 0 bridgehead atoms. The van der Waals surface area contributed by atoms with E-state index in [2.05, 4.69) is 15.6 Å². The fraction of sp³-hybridized carbons (Fsp3) is 0.500. The number of hydrogen-bond donors (Lipinski definition) is 4. The van der Waals surface area contributed by atoms with Crippen molar-refractivity contribution in [1.82, 2.24) is 15.5 Å². The summed E-state index contributed by atoms with van der Waals surface area (Å²) >= 11 is 0. The fourth-order valence-corrected chi connectivity index (χ4v) is 2.78. The number of aliphatic imine (C=N–C) groups is 1. The molecule has 9 heteroatoms. The number of carbonyl (C=O) groups is 2. The Kier molecular flexibility index (Phi) is 7.72. The molecule has 0 aliphatic carbocycles. The number of nitrogens with zero attached hydrogens (tertiary/aromatic N) is 2. The highest BCUT2D eigenvalue weighted by Gasteiger charge is 2.23. The van der Waals surface area contributed by atoms with E-state index in [0.717, 1.165) is 12.8 Å². The van der Waals surface area contributed by atoms with Gasteiger partial charge in [0.2, 0.25) is 0 Å². The number of phenolic OH excluding ortho intramolecular Hbond substituents is 1. The molecule has 27 heavy (non-hydrogen) atoms. The maximum Gasteiger partial charge on any atom is 0.409 e. The Hall–Kier alpha value is -2.97. The number of hydrogen-bond acceptors (Lipinski definition) is 5. The number of likely N-dealkylation sites (tertiary alicyclic amines) is 1. The van der Waals surface area contributed by atoms with Crippen molar-refractivity contribution in [3.63, 3.8) is 0 Å². The minimum absolute atomic E-state index is 0.0613. The van der Waals surface area contributed by atoms with Gasteiger partial charge in [-0.3, -0.25) is 9.79 Å². The Labute approximate surface area is 158 Å². The molecule has 0 unspecified atom stereocenters. The average Bonchev–Trinajstić information content (AvgIpc) is 2.66. The van der Waals surface area contributed by atoms with E-state index in [0.29, 0.717) is 38.7 Å². The molecule has 0 spiro atoms. The van der Waals surface area contributed by atoms with Gasteiger partial charge in [-0.2, -0.15) is 0 Å². The maximum absolute atomic E-state index is 12.0. The van der Waals surface area contributed by atoms with Crippen LogP contribution >= 0.6 is 0 Å². The molecule has 1 saturated heterocycles. The number of phenols is 1. The Morgan fingerprint density at radius 3 is 2.70 bits per heavy atom. The Morgan fingerprint density at radius 2 is 2.04 bits per heavy atom. The summed E-state index contributed by atoms with van der Waals surface area (Å²) in [5.41, 5.74) is 6.10. The standard InChI is InChI=1S/C18H27N5O4/c1-2-27-18(26)23-11-7-13(8-12-23)22-17(19)21-10-9-20-16(25)14-5-3-4-6-15(14)24/h3-6,13,24H,2,7-12H2,1H3,(H,20,25)(H3,19,21,22). The minimum Gasteiger partial charge on any atom is -0.507 e. The summed E-state index contributed by atoms with van der Waals surface area (Å²) < 4.78 is 4.99. The van der Waals surface area contributed by atoms with Crippen LogP contribution in [0.15, 0.2) is 29.3 Å². The SMILES string of the molecule is CCOC(=O)N1CCC(NC(N)=NCCNC(=O)c2ccccc2O)CC1. The van der Waals surface area contributed by atoms with Crippen LogP contribution < -0.4 is 16.4 Å². The number of piperidine rings is 1. The Morgan fingerprint density at radius 1 is 1.33 bits per heavy atom. The van der Waals surface area contributed by atoms with Crippen LogP contribution in [0.3, 0.4) is 0 Å². The second-order valence-corrected chi connectivity index (χ2v) is 6.14. The van der Waals surface area contributed by atoms with E-state index in [9.17, 15) is 14.7 Å². The number of guanidine groups is 1. The lowest BCUT2D eigenvalue weighted by Crippen LogP contribution is -2.48. The predicted octanol–water partition coefficient (Wildman–Crippen LogP) is 0.647. The van der Waals surface area contributed by atoms with Crippen molar-refractivity contribution >= 4 is 18.0 Å². The van der Waals surface area contributed by atoms with Crippen molar-refractivity contribution in [1.29, 1.82) is 0 Å². The molecular weight excluding hydrogens is 350 g/mol. The van der Waals surface area contributed by atoms with Crippen molar-refractivity contribution in [2.24, 2.45) is 10.7 Å². The van der Waals surface area contributed by atoms with Gasteiger partial charge in [-0.15, -0.1) is 0 Å². The highest BCUT2D eigenvalue weighted by Crippen LogP contribution is 2.14. The normalized spacial score (nSPS) is 15.3. The van der Waals surface area contributed by atoms with Gasteiger partial charge >= 0.3 is 6.09 Å². The van der Waals surface area contributed by atoms with E-state index < -0.39 is 0 Å². The highest BCUT2D eigenvalue weighted by molar-refractivity contribution is 5.96. The molecule has 0 atom stereocenters. The zero-order valence-electron chi connectivity index (χ0n) is 15.5. The van der Waals surface area contributed by atoms with Crippen LogP contribution in [0.1, 0.15) is 30.1 Å². The molecule has 0 radical (unpaired) electrons. The van der Waals surface area contributed by atoms with Gasteiger partial charge in [0.05, 0.1) is 18.7 Å². The topological polar surface area (TPSA) is 129 Å². The number of carbonyl (C=O) groups excluding carboxylic acids is 2. The number of benzene rings is 1. The van der Waals surface area contributed by atoms with Crippen molar-refractivity contribution in [2.75, 3.05) is 32.8 Å². The van der Waals surface area contributed by atoms with E-state index in [-0.39, 0.29) is 29.4 Å².